The summed E-state index contributed by atoms with van der Waals surface area (Å²) < 4.78 is 5.10. The Bertz CT molecular complexity index is 506. The molecule has 1 atom stereocenters. The average Bonchev–Trinajstić information content (AvgIpc) is 2.43. The standard InChI is InChI=1S/C19H33NOSi2/c1-21-15-11-14-18(16-17-12-9-8-10-13-17)20-19(22(2,3)4)23(5,6)7/h8-10,12-13,18-20H,15-16H2,1-7H3. The van der Waals surface area contributed by atoms with E-state index in [1.54, 1.807) is 7.11 Å². The van der Waals surface area contributed by atoms with E-state index in [1.807, 2.05) is 0 Å². The van der Waals surface area contributed by atoms with E-state index in [4.69, 9.17) is 4.74 Å². The molecular formula is C19H33NOSi2. The van der Waals surface area contributed by atoms with Crippen molar-refractivity contribution in [2.45, 2.75) is 57.0 Å². The fourth-order valence-electron chi connectivity index (χ4n) is 3.24. The summed E-state index contributed by atoms with van der Waals surface area (Å²) in [5.74, 6) is 6.56. The molecule has 1 aromatic carbocycles. The van der Waals surface area contributed by atoms with Crippen LogP contribution in [0.5, 0.6) is 0 Å². The van der Waals surface area contributed by atoms with Crippen LogP contribution in [0.15, 0.2) is 30.3 Å². The van der Waals surface area contributed by atoms with Crippen LogP contribution in [-0.4, -0.2) is 41.2 Å². The molecule has 0 saturated carbocycles. The smallest absolute Gasteiger partial charge is 0.107 e. The van der Waals surface area contributed by atoms with Crippen LogP contribution in [-0.2, 0) is 11.2 Å². The molecule has 1 unspecified atom stereocenters. The Hall–Kier alpha value is -0.866. The first kappa shape index (κ1) is 20.2. The second kappa shape index (κ2) is 8.84. The Kier molecular flexibility index (Phi) is 7.75. The zero-order chi connectivity index (χ0) is 17.5. The summed E-state index contributed by atoms with van der Waals surface area (Å²) in [4.78, 5) is 0. The highest BCUT2D eigenvalue weighted by Gasteiger charge is 2.38. The molecule has 0 spiro atoms. The minimum Gasteiger partial charge on any atom is -0.372 e. The highest BCUT2D eigenvalue weighted by molar-refractivity contribution is 6.96. The Morgan fingerprint density at radius 3 is 2.04 bits per heavy atom. The SMILES string of the molecule is COCC#CC(Cc1ccccc1)NC([Si](C)(C)C)[Si](C)(C)C. The molecule has 0 aliphatic rings. The molecule has 0 aliphatic heterocycles. The number of methoxy groups -OCH3 is 1. The van der Waals surface area contributed by atoms with Crippen LogP contribution in [0.25, 0.3) is 0 Å². The molecular weight excluding hydrogens is 314 g/mol. The number of benzene rings is 1. The van der Waals surface area contributed by atoms with Crippen molar-refractivity contribution in [2.24, 2.45) is 0 Å². The van der Waals surface area contributed by atoms with Crippen molar-refractivity contribution in [1.82, 2.24) is 5.32 Å². The minimum atomic E-state index is -1.30. The zero-order valence-corrected chi connectivity index (χ0v) is 17.9. The Balaban J connectivity index is 2.97. The number of hydrogen-bond acceptors (Lipinski definition) is 2. The molecule has 23 heavy (non-hydrogen) atoms. The van der Waals surface area contributed by atoms with Crippen molar-refractivity contribution in [2.75, 3.05) is 13.7 Å². The van der Waals surface area contributed by atoms with Crippen LogP contribution >= 0.6 is 0 Å². The van der Waals surface area contributed by atoms with Gasteiger partial charge in [0, 0.05) is 7.11 Å². The third-order valence-corrected chi connectivity index (χ3v) is 12.9. The van der Waals surface area contributed by atoms with Crippen LogP contribution in [0, 0.1) is 11.8 Å². The van der Waals surface area contributed by atoms with Crippen LogP contribution in [0.2, 0.25) is 39.3 Å². The molecule has 0 aromatic heterocycles. The fraction of sp³-hybridized carbons (Fsp3) is 0.579. The monoisotopic (exact) mass is 347 g/mol. The predicted octanol–water partition coefficient (Wildman–Crippen LogP) is 3.96. The van der Waals surface area contributed by atoms with Crippen molar-refractivity contribution in [3.63, 3.8) is 0 Å². The summed E-state index contributed by atoms with van der Waals surface area (Å²) in [6.45, 7) is 15.3. The lowest BCUT2D eigenvalue weighted by molar-refractivity contribution is 0.239. The Labute approximate surface area is 145 Å². The van der Waals surface area contributed by atoms with Crippen molar-refractivity contribution in [1.29, 1.82) is 0 Å². The number of nitrogens with one attached hydrogen (secondary N) is 1. The van der Waals surface area contributed by atoms with E-state index in [9.17, 15) is 0 Å². The first-order valence-corrected chi connectivity index (χ1v) is 15.6. The molecule has 1 aromatic rings. The lowest BCUT2D eigenvalue weighted by Gasteiger charge is -2.40. The molecule has 2 nitrogen and oxygen atoms in total. The van der Waals surface area contributed by atoms with Gasteiger partial charge in [0.15, 0.2) is 0 Å². The van der Waals surface area contributed by atoms with E-state index in [2.05, 4.69) is 86.8 Å². The summed E-state index contributed by atoms with van der Waals surface area (Å²) in [5, 5.41) is 4.58. The van der Waals surface area contributed by atoms with Gasteiger partial charge in [-0.3, -0.25) is 0 Å². The Morgan fingerprint density at radius 2 is 1.57 bits per heavy atom. The van der Waals surface area contributed by atoms with E-state index >= 15 is 0 Å². The molecule has 0 radical (unpaired) electrons. The highest BCUT2D eigenvalue weighted by Crippen LogP contribution is 2.20. The minimum absolute atomic E-state index is 0.191. The second-order valence-electron chi connectivity index (χ2n) is 8.33. The molecule has 0 fully saturated rings. The summed E-state index contributed by atoms with van der Waals surface area (Å²) in [6, 6.07) is 10.8. The first-order chi connectivity index (χ1) is 10.6. The van der Waals surface area contributed by atoms with Crippen LogP contribution < -0.4 is 5.32 Å². The second-order valence-corrected chi connectivity index (χ2v) is 19.5. The van der Waals surface area contributed by atoms with Crippen molar-refractivity contribution < 1.29 is 4.74 Å². The average molecular weight is 348 g/mol. The van der Waals surface area contributed by atoms with Crippen LogP contribution in [0.1, 0.15) is 5.56 Å². The van der Waals surface area contributed by atoms with E-state index in [0.29, 0.717) is 11.9 Å². The number of ether oxygens (including phenoxy) is 1. The van der Waals surface area contributed by atoms with Crippen LogP contribution in [0.4, 0.5) is 0 Å². The van der Waals surface area contributed by atoms with Crippen molar-refractivity contribution >= 4 is 16.1 Å². The lowest BCUT2D eigenvalue weighted by atomic mass is 10.1. The van der Waals surface area contributed by atoms with Gasteiger partial charge in [0.25, 0.3) is 0 Å². The first-order valence-electron chi connectivity index (χ1n) is 8.42. The van der Waals surface area contributed by atoms with E-state index in [1.165, 1.54) is 5.56 Å². The van der Waals surface area contributed by atoms with E-state index < -0.39 is 16.1 Å². The largest absolute Gasteiger partial charge is 0.372 e. The highest BCUT2D eigenvalue weighted by atomic mass is 28.4. The molecule has 1 N–H and O–H groups in total. The molecule has 128 valence electrons. The van der Waals surface area contributed by atoms with Gasteiger partial charge in [0.05, 0.1) is 22.2 Å². The molecule has 1 rings (SSSR count). The molecule has 0 amide bonds. The van der Waals surface area contributed by atoms with Gasteiger partial charge in [-0.2, -0.15) is 0 Å². The van der Waals surface area contributed by atoms with Crippen molar-refractivity contribution in [3.05, 3.63) is 35.9 Å². The van der Waals surface area contributed by atoms with Gasteiger partial charge in [-0.1, -0.05) is 81.5 Å². The topological polar surface area (TPSA) is 21.3 Å². The summed E-state index contributed by atoms with van der Waals surface area (Å²) in [6.07, 6.45) is 0.947. The van der Waals surface area contributed by atoms with Gasteiger partial charge >= 0.3 is 0 Å². The molecule has 0 aliphatic carbocycles. The number of rotatable bonds is 7. The predicted molar refractivity (Wildman–Crippen MR) is 107 cm³/mol. The van der Waals surface area contributed by atoms with Crippen LogP contribution in [0.3, 0.4) is 0 Å². The maximum Gasteiger partial charge on any atom is 0.107 e. The van der Waals surface area contributed by atoms with E-state index in [-0.39, 0.29) is 6.04 Å². The molecule has 4 heteroatoms. The maximum atomic E-state index is 5.10. The van der Waals surface area contributed by atoms with Gasteiger partial charge in [0.1, 0.15) is 6.61 Å². The summed E-state index contributed by atoms with van der Waals surface area (Å²) >= 11 is 0. The summed E-state index contributed by atoms with van der Waals surface area (Å²) in [5.41, 5.74) is 1.33. The van der Waals surface area contributed by atoms with Gasteiger partial charge in [-0.25, -0.2) is 0 Å². The quantitative estimate of drug-likeness (QED) is 0.595. The van der Waals surface area contributed by atoms with Gasteiger partial charge in [0.2, 0.25) is 0 Å². The maximum absolute atomic E-state index is 5.10. The lowest BCUT2D eigenvalue weighted by Crippen LogP contribution is -2.64. The molecule has 0 bridgehead atoms. The molecule has 0 heterocycles. The Morgan fingerprint density at radius 1 is 1.00 bits per heavy atom. The third-order valence-electron chi connectivity index (χ3n) is 3.88. The normalized spacial score (nSPS) is 13.6. The zero-order valence-electron chi connectivity index (χ0n) is 15.9. The van der Waals surface area contributed by atoms with Gasteiger partial charge in [-0.15, -0.1) is 0 Å². The van der Waals surface area contributed by atoms with E-state index in [0.717, 1.165) is 6.42 Å². The van der Waals surface area contributed by atoms with Gasteiger partial charge < -0.3 is 10.1 Å². The fourth-order valence-corrected chi connectivity index (χ4v) is 15.0. The third kappa shape index (κ3) is 7.49. The number of hydrogen-bond donors (Lipinski definition) is 1. The molecule has 0 saturated heterocycles. The van der Waals surface area contributed by atoms with Gasteiger partial charge in [-0.05, 0) is 17.3 Å². The summed E-state index contributed by atoms with van der Waals surface area (Å²) in [7, 11) is -0.900. The van der Waals surface area contributed by atoms with Crippen molar-refractivity contribution in [3.8, 4) is 11.8 Å².